The van der Waals surface area contributed by atoms with Crippen molar-refractivity contribution >= 4 is 40.9 Å². The van der Waals surface area contributed by atoms with E-state index in [1.54, 1.807) is 4.90 Å². The number of hydrogen-bond acceptors (Lipinski definition) is 7. The monoisotopic (exact) mass is 463 g/mol. The zero-order chi connectivity index (χ0) is 21.6. The molecule has 1 saturated carbocycles. The standard InChI is InChI=1S/C20H26ClN7O2S/c21-15-5-7-16(8-6-15)26-9-11-27(12-10-26)19(30)13-22-18(29)14-31-20-23-24-25-28(20)17-3-1-2-4-17/h5-8,17H,1-4,9-14H2,(H,22,29). The van der Waals surface area contributed by atoms with Crippen molar-refractivity contribution in [2.24, 2.45) is 0 Å². The molecule has 0 atom stereocenters. The Labute approximate surface area is 190 Å². The summed E-state index contributed by atoms with van der Waals surface area (Å²) in [5.41, 5.74) is 1.10. The van der Waals surface area contributed by atoms with Crippen molar-refractivity contribution < 1.29 is 9.59 Å². The molecule has 2 amide bonds. The number of anilines is 1. The Bertz CT molecular complexity index is 893. The highest BCUT2D eigenvalue weighted by Crippen LogP contribution is 2.31. The predicted octanol–water partition coefficient (Wildman–Crippen LogP) is 2.00. The number of hydrogen-bond donors (Lipinski definition) is 1. The first-order chi connectivity index (χ1) is 15.1. The zero-order valence-electron chi connectivity index (χ0n) is 17.2. The smallest absolute Gasteiger partial charge is 0.242 e. The van der Waals surface area contributed by atoms with Gasteiger partial charge in [0.25, 0.3) is 0 Å². The SMILES string of the molecule is O=C(CSc1nnnn1C1CCCC1)NCC(=O)N1CCN(c2ccc(Cl)cc2)CC1. The minimum Gasteiger partial charge on any atom is -0.368 e. The van der Waals surface area contributed by atoms with Crippen molar-refractivity contribution in [3.05, 3.63) is 29.3 Å². The topological polar surface area (TPSA) is 96.2 Å². The summed E-state index contributed by atoms with van der Waals surface area (Å²) in [7, 11) is 0. The average molecular weight is 464 g/mol. The van der Waals surface area contributed by atoms with Crippen molar-refractivity contribution in [2.75, 3.05) is 43.4 Å². The lowest BCUT2D eigenvalue weighted by molar-refractivity contribution is -0.132. The van der Waals surface area contributed by atoms with Gasteiger partial charge in [0.15, 0.2) is 0 Å². The molecule has 1 saturated heterocycles. The Balaban J connectivity index is 1.18. The Hall–Kier alpha value is -2.33. The summed E-state index contributed by atoms with van der Waals surface area (Å²) in [4.78, 5) is 28.7. The normalized spacial score (nSPS) is 17.2. The number of aromatic nitrogens is 4. The van der Waals surface area contributed by atoms with Crippen LogP contribution < -0.4 is 10.2 Å². The van der Waals surface area contributed by atoms with Crippen molar-refractivity contribution in [1.29, 1.82) is 0 Å². The van der Waals surface area contributed by atoms with Gasteiger partial charge in [0, 0.05) is 36.9 Å². The second-order valence-electron chi connectivity index (χ2n) is 7.75. The number of rotatable bonds is 7. The summed E-state index contributed by atoms with van der Waals surface area (Å²) < 4.78 is 1.83. The molecule has 166 valence electrons. The summed E-state index contributed by atoms with van der Waals surface area (Å²) in [5.74, 6) is -0.0749. The van der Waals surface area contributed by atoms with Crippen LogP contribution in [0.4, 0.5) is 5.69 Å². The summed E-state index contributed by atoms with van der Waals surface area (Å²) in [5, 5.41) is 16.0. The lowest BCUT2D eigenvalue weighted by Crippen LogP contribution is -2.51. The Morgan fingerprint density at radius 3 is 2.52 bits per heavy atom. The third-order valence-corrected chi connectivity index (χ3v) is 6.91. The fraction of sp³-hybridized carbons (Fsp3) is 0.550. The molecule has 31 heavy (non-hydrogen) atoms. The molecule has 11 heteroatoms. The van der Waals surface area contributed by atoms with Gasteiger partial charge in [-0.15, -0.1) is 5.10 Å². The summed E-state index contributed by atoms with van der Waals surface area (Å²) >= 11 is 7.25. The average Bonchev–Trinajstić information content (AvgIpc) is 3.48. The second-order valence-corrected chi connectivity index (χ2v) is 9.13. The minimum absolute atomic E-state index is 0.00784. The quantitative estimate of drug-likeness (QED) is 0.627. The molecule has 1 N–H and O–H groups in total. The molecule has 0 radical (unpaired) electrons. The number of tetrazole rings is 1. The van der Waals surface area contributed by atoms with E-state index in [1.165, 1.54) is 24.6 Å². The first-order valence-corrected chi connectivity index (χ1v) is 11.9. The van der Waals surface area contributed by atoms with Gasteiger partial charge in [-0.1, -0.05) is 36.2 Å². The molecule has 0 spiro atoms. The van der Waals surface area contributed by atoms with Crippen molar-refractivity contribution in [2.45, 2.75) is 36.9 Å². The van der Waals surface area contributed by atoms with Gasteiger partial charge < -0.3 is 15.1 Å². The molecule has 9 nitrogen and oxygen atoms in total. The van der Waals surface area contributed by atoms with Gasteiger partial charge in [0.2, 0.25) is 17.0 Å². The summed E-state index contributed by atoms with van der Waals surface area (Å²) in [6.07, 6.45) is 4.52. The van der Waals surface area contributed by atoms with Crippen LogP contribution in [0.3, 0.4) is 0 Å². The maximum absolute atomic E-state index is 12.5. The first-order valence-electron chi connectivity index (χ1n) is 10.6. The lowest BCUT2D eigenvalue weighted by Gasteiger charge is -2.36. The maximum Gasteiger partial charge on any atom is 0.242 e. The van der Waals surface area contributed by atoms with Crippen molar-refractivity contribution in [3.63, 3.8) is 0 Å². The van der Waals surface area contributed by atoms with Crippen LogP contribution in [0.5, 0.6) is 0 Å². The summed E-state index contributed by atoms with van der Waals surface area (Å²) in [6.45, 7) is 2.76. The van der Waals surface area contributed by atoms with E-state index in [-0.39, 0.29) is 24.1 Å². The van der Waals surface area contributed by atoms with Crippen LogP contribution in [0.1, 0.15) is 31.7 Å². The number of carbonyl (C=O) groups is 2. The highest BCUT2D eigenvalue weighted by Gasteiger charge is 2.23. The molecule has 2 fully saturated rings. The number of piperazine rings is 1. The van der Waals surface area contributed by atoms with E-state index >= 15 is 0 Å². The molecular formula is C20H26ClN7O2S. The van der Waals surface area contributed by atoms with Crippen LogP contribution in [0.2, 0.25) is 5.02 Å². The highest BCUT2D eigenvalue weighted by molar-refractivity contribution is 7.99. The molecule has 1 aliphatic heterocycles. The van der Waals surface area contributed by atoms with Gasteiger partial charge in [-0.25, -0.2) is 4.68 Å². The van der Waals surface area contributed by atoms with E-state index in [2.05, 4.69) is 25.7 Å². The van der Waals surface area contributed by atoms with E-state index in [0.717, 1.165) is 31.6 Å². The summed E-state index contributed by atoms with van der Waals surface area (Å²) in [6, 6.07) is 8.04. The Morgan fingerprint density at radius 1 is 1.10 bits per heavy atom. The molecule has 0 bridgehead atoms. The number of amides is 2. The number of halogens is 1. The number of nitrogens with one attached hydrogen (secondary N) is 1. The molecule has 1 aliphatic carbocycles. The molecule has 2 aliphatic rings. The predicted molar refractivity (Wildman–Crippen MR) is 119 cm³/mol. The molecule has 2 aromatic rings. The van der Waals surface area contributed by atoms with Crippen LogP contribution in [-0.4, -0.2) is 75.4 Å². The van der Waals surface area contributed by atoms with Crippen LogP contribution in [0, 0.1) is 0 Å². The third kappa shape index (κ3) is 5.68. The lowest BCUT2D eigenvalue weighted by atomic mass is 10.2. The van der Waals surface area contributed by atoms with Gasteiger partial charge in [-0.2, -0.15) is 0 Å². The fourth-order valence-electron chi connectivity index (χ4n) is 3.99. The van der Waals surface area contributed by atoms with Gasteiger partial charge >= 0.3 is 0 Å². The number of benzene rings is 1. The molecular weight excluding hydrogens is 438 g/mol. The van der Waals surface area contributed by atoms with Crippen LogP contribution in [-0.2, 0) is 9.59 Å². The molecule has 4 rings (SSSR count). The third-order valence-electron chi connectivity index (χ3n) is 5.73. The minimum atomic E-state index is -0.195. The van der Waals surface area contributed by atoms with Crippen molar-refractivity contribution in [1.82, 2.24) is 30.4 Å². The van der Waals surface area contributed by atoms with Crippen LogP contribution in [0.25, 0.3) is 0 Å². The molecule has 0 unspecified atom stereocenters. The van der Waals surface area contributed by atoms with E-state index in [9.17, 15) is 9.59 Å². The number of carbonyl (C=O) groups excluding carboxylic acids is 2. The Kier molecular flexibility index (Phi) is 7.29. The first kappa shape index (κ1) is 21.9. The largest absolute Gasteiger partial charge is 0.368 e. The second kappa shape index (κ2) is 10.3. The van der Waals surface area contributed by atoms with Crippen LogP contribution in [0.15, 0.2) is 29.4 Å². The van der Waals surface area contributed by atoms with E-state index in [0.29, 0.717) is 29.3 Å². The van der Waals surface area contributed by atoms with Crippen molar-refractivity contribution in [3.8, 4) is 0 Å². The highest BCUT2D eigenvalue weighted by atomic mass is 35.5. The van der Waals surface area contributed by atoms with Gasteiger partial charge in [-0.05, 0) is 47.5 Å². The molecule has 1 aromatic heterocycles. The molecule has 2 heterocycles. The maximum atomic E-state index is 12.5. The van der Waals surface area contributed by atoms with Crippen LogP contribution >= 0.6 is 23.4 Å². The van der Waals surface area contributed by atoms with E-state index in [4.69, 9.17) is 11.6 Å². The van der Waals surface area contributed by atoms with Gasteiger partial charge in [0.05, 0.1) is 18.3 Å². The fourth-order valence-corrected chi connectivity index (χ4v) is 4.89. The van der Waals surface area contributed by atoms with E-state index in [1.807, 2.05) is 28.9 Å². The van der Waals surface area contributed by atoms with Gasteiger partial charge in [0.1, 0.15) is 0 Å². The van der Waals surface area contributed by atoms with E-state index < -0.39 is 0 Å². The number of thioether (sulfide) groups is 1. The zero-order valence-corrected chi connectivity index (χ0v) is 18.8. The Morgan fingerprint density at radius 2 is 1.81 bits per heavy atom. The molecule has 1 aromatic carbocycles. The van der Waals surface area contributed by atoms with Gasteiger partial charge in [-0.3, -0.25) is 9.59 Å². The number of nitrogens with zero attached hydrogens (tertiary/aromatic N) is 6.